The van der Waals surface area contributed by atoms with Gasteiger partial charge in [-0.15, -0.1) is 11.8 Å². The molecule has 0 atom stereocenters. The number of hydrogen-bond donors (Lipinski definition) is 1. The fourth-order valence-corrected chi connectivity index (χ4v) is 1.77. The minimum Gasteiger partial charge on any atom is -0.491 e. The molecule has 0 amide bonds. The van der Waals surface area contributed by atoms with Gasteiger partial charge in [0.25, 0.3) is 0 Å². The highest BCUT2D eigenvalue weighted by Crippen LogP contribution is 2.25. The molecule has 0 spiro atoms. The maximum atomic E-state index is 10.9. The molecule has 1 aromatic rings. The quantitative estimate of drug-likeness (QED) is 0.802. The summed E-state index contributed by atoms with van der Waals surface area (Å²) in [6.07, 6.45) is 1.90. The number of rotatable bonds is 4. The monoisotopic (exact) mass is 226 g/mol. The van der Waals surface area contributed by atoms with E-state index in [1.807, 2.05) is 20.1 Å². The van der Waals surface area contributed by atoms with Gasteiger partial charge in [0.2, 0.25) is 0 Å². The average Bonchev–Trinajstić information content (AvgIpc) is 2.16. The molecule has 0 saturated heterocycles. The summed E-state index contributed by atoms with van der Waals surface area (Å²) in [5.74, 6) is -0.325. The van der Waals surface area contributed by atoms with Gasteiger partial charge in [-0.05, 0) is 38.3 Å². The molecule has 1 N–H and O–H groups in total. The molecule has 0 radical (unpaired) electrons. The van der Waals surface area contributed by atoms with Crippen molar-refractivity contribution in [3.8, 4) is 5.75 Å². The lowest BCUT2D eigenvalue weighted by atomic mass is 10.2. The highest BCUT2D eigenvalue weighted by molar-refractivity contribution is 7.98. The zero-order valence-electron chi connectivity index (χ0n) is 8.98. The Morgan fingerprint density at radius 3 is 2.60 bits per heavy atom. The van der Waals surface area contributed by atoms with E-state index in [0.717, 1.165) is 4.90 Å². The lowest BCUT2D eigenvalue weighted by Crippen LogP contribution is -2.07. The molecule has 0 fully saturated rings. The van der Waals surface area contributed by atoms with E-state index in [9.17, 15) is 4.79 Å². The maximum Gasteiger partial charge on any atom is 0.336 e. The number of hydrogen-bond acceptors (Lipinski definition) is 3. The summed E-state index contributed by atoms with van der Waals surface area (Å²) >= 11 is 1.41. The molecule has 82 valence electrons. The van der Waals surface area contributed by atoms with Crippen LogP contribution in [0.15, 0.2) is 23.1 Å². The third-order valence-corrected chi connectivity index (χ3v) is 2.57. The molecule has 15 heavy (non-hydrogen) atoms. The van der Waals surface area contributed by atoms with Gasteiger partial charge in [0.05, 0.1) is 11.7 Å². The van der Waals surface area contributed by atoms with Crippen LogP contribution < -0.4 is 4.74 Å². The van der Waals surface area contributed by atoms with Gasteiger partial charge in [-0.25, -0.2) is 4.79 Å². The Bertz CT molecular complexity index is 361. The Morgan fingerprint density at radius 2 is 2.13 bits per heavy atom. The second kappa shape index (κ2) is 5.07. The molecular weight excluding hydrogens is 212 g/mol. The van der Waals surface area contributed by atoms with Crippen LogP contribution in [0, 0.1) is 0 Å². The number of carboxylic acid groups (broad SMARTS) is 1. The van der Waals surface area contributed by atoms with E-state index in [0.29, 0.717) is 11.3 Å². The minimum atomic E-state index is -0.923. The van der Waals surface area contributed by atoms with Crippen LogP contribution in [0.4, 0.5) is 0 Å². The van der Waals surface area contributed by atoms with Crippen LogP contribution in [0.1, 0.15) is 24.2 Å². The van der Waals surface area contributed by atoms with Crippen molar-refractivity contribution in [1.82, 2.24) is 0 Å². The van der Waals surface area contributed by atoms with Crippen LogP contribution in [0.5, 0.6) is 5.75 Å². The molecule has 0 aromatic heterocycles. The lowest BCUT2D eigenvalue weighted by molar-refractivity contribution is 0.0692. The summed E-state index contributed by atoms with van der Waals surface area (Å²) in [4.78, 5) is 11.7. The lowest BCUT2D eigenvalue weighted by Gasteiger charge is -2.11. The first-order chi connectivity index (χ1) is 7.04. The molecule has 1 rings (SSSR count). The smallest absolute Gasteiger partial charge is 0.336 e. The first kappa shape index (κ1) is 11.9. The zero-order chi connectivity index (χ0) is 11.4. The van der Waals surface area contributed by atoms with Crippen LogP contribution in [-0.4, -0.2) is 23.4 Å². The van der Waals surface area contributed by atoms with Crippen LogP contribution in [0.25, 0.3) is 0 Å². The van der Waals surface area contributed by atoms with Crippen molar-refractivity contribution in [1.29, 1.82) is 0 Å². The molecule has 0 heterocycles. The standard InChI is InChI=1S/C11H14O3S/c1-7(2)14-8-4-5-10(15-3)9(6-8)11(12)13/h4-7H,1-3H3,(H,12,13). The Balaban J connectivity index is 3.05. The SMILES string of the molecule is CSc1ccc(OC(C)C)cc1C(=O)O. The van der Waals surface area contributed by atoms with E-state index in [4.69, 9.17) is 9.84 Å². The molecule has 0 bridgehead atoms. The summed E-state index contributed by atoms with van der Waals surface area (Å²) in [5, 5.41) is 8.99. The van der Waals surface area contributed by atoms with Crippen molar-refractivity contribution in [3.05, 3.63) is 23.8 Å². The summed E-state index contributed by atoms with van der Waals surface area (Å²) in [6, 6.07) is 5.12. The van der Waals surface area contributed by atoms with Crippen LogP contribution >= 0.6 is 11.8 Å². The Morgan fingerprint density at radius 1 is 1.47 bits per heavy atom. The fraction of sp³-hybridized carbons (Fsp3) is 0.364. The largest absolute Gasteiger partial charge is 0.491 e. The van der Waals surface area contributed by atoms with E-state index in [1.54, 1.807) is 18.2 Å². The van der Waals surface area contributed by atoms with Gasteiger partial charge in [-0.2, -0.15) is 0 Å². The van der Waals surface area contributed by atoms with Crippen LogP contribution in [-0.2, 0) is 0 Å². The van der Waals surface area contributed by atoms with Crippen molar-refractivity contribution in [3.63, 3.8) is 0 Å². The number of benzene rings is 1. The van der Waals surface area contributed by atoms with Gasteiger partial charge in [-0.1, -0.05) is 0 Å². The van der Waals surface area contributed by atoms with Gasteiger partial charge in [0.1, 0.15) is 5.75 Å². The highest BCUT2D eigenvalue weighted by atomic mass is 32.2. The summed E-state index contributed by atoms with van der Waals surface area (Å²) < 4.78 is 5.43. The third-order valence-electron chi connectivity index (χ3n) is 1.77. The summed E-state index contributed by atoms with van der Waals surface area (Å²) in [7, 11) is 0. The van der Waals surface area contributed by atoms with Crippen molar-refractivity contribution < 1.29 is 14.6 Å². The van der Waals surface area contributed by atoms with Crippen molar-refractivity contribution in [2.75, 3.05) is 6.26 Å². The van der Waals surface area contributed by atoms with Crippen LogP contribution in [0.3, 0.4) is 0 Å². The number of carboxylic acids is 1. The van der Waals surface area contributed by atoms with Crippen LogP contribution in [0.2, 0.25) is 0 Å². The Hall–Kier alpha value is -1.16. The topological polar surface area (TPSA) is 46.5 Å². The zero-order valence-corrected chi connectivity index (χ0v) is 9.80. The summed E-state index contributed by atoms with van der Waals surface area (Å²) in [6.45, 7) is 3.81. The molecule has 1 aromatic carbocycles. The van der Waals surface area contributed by atoms with Crippen molar-refractivity contribution >= 4 is 17.7 Å². The van der Waals surface area contributed by atoms with E-state index in [-0.39, 0.29) is 6.10 Å². The molecule has 4 heteroatoms. The minimum absolute atomic E-state index is 0.0479. The molecule has 0 unspecified atom stereocenters. The average molecular weight is 226 g/mol. The van der Waals surface area contributed by atoms with Gasteiger partial charge >= 0.3 is 5.97 Å². The normalized spacial score (nSPS) is 10.4. The first-order valence-corrected chi connectivity index (χ1v) is 5.85. The number of thioether (sulfide) groups is 1. The number of carbonyl (C=O) groups is 1. The number of aromatic carboxylic acids is 1. The molecule has 0 saturated carbocycles. The van der Waals surface area contributed by atoms with E-state index in [1.165, 1.54) is 11.8 Å². The predicted octanol–water partition coefficient (Wildman–Crippen LogP) is 2.89. The Labute approximate surface area is 93.4 Å². The van der Waals surface area contributed by atoms with Gasteiger partial charge in [0, 0.05) is 4.90 Å². The second-order valence-corrected chi connectivity index (χ2v) is 4.18. The van der Waals surface area contributed by atoms with E-state index >= 15 is 0 Å². The Kier molecular flexibility index (Phi) is 4.03. The molecular formula is C11H14O3S. The van der Waals surface area contributed by atoms with Gasteiger partial charge in [0.15, 0.2) is 0 Å². The highest BCUT2D eigenvalue weighted by Gasteiger charge is 2.11. The molecule has 3 nitrogen and oxygen atoms in total. The maximum absolute atomic E-state index is 10.9. The second-order valence-electron chi connectivity index (χ2n) is 3.33. The first-order valence-electron chi connectivity index (χ1n) is 4.62. The van der Waals surface area contributed by atoms with E-state index in [2.05, 4.69) is 0 Å². The van der Waals surface area contributed by atoms with E-state index < -0.39 is 5.97 Å². The predicted molar refractivity (Wildman–Crippen MR) is 60.9 cm³/mol. The fourth-order valence-electron chi connectivity index (χ4n) is 1.20. The molecule has 0 aliphatic heterocycles. The molecule has 0 aliphatic carbocycles. The third kappa shape index (κ3) is 3.16. The van der Waals surface area contributed by atoms with Gasteiger partial charge in [-0.3, -0.25) is 0 Å². The summed E-state index contributed by atoms with van der Waals surface area (Å²) in [5.41, 5.74) is 0.292. The van der Waals surface area contributed by atoms with Gasteiger partial charge < -0.3 is 9.84 Å². The number of ether oxygens (including phenoxy) is 1. The molecule has 0 aliphatic rings. The van der Waals surface area contributed by atoms with Crippen molar-refractivity contribution in [2.45, 2.75) is 24.8 Å². The van der Waals surface area contributed by atoms with Crippen molar-refractivity contribution in [2.24, 2.45) is 0 Å².